The Morgan fingerprint density at radius 3 is 2.71 bits per heavy atom. The van der Waals surface area contributed by atoms with Crippen LogP contribution in [0.5, 0.6) is 0 Å². The van der Waals surface area contributed by atoms with E-state index in [4.69, 9.17) is 4.74 Å². The van der Waals surface area contributed by atoms with Crippen LogP contribution >= 0.6 is 15.9 Å². The fourth-order valence-electron chi connectivity index (χ4n) is 3.73. The van der Waals surface area contributed by atoms with Crippen molar-refractivity contribution in [2.24, 2.45) is 5.92 Å². The van der Waals surface area contributed by atoms with Crippen LogP contribution in [-0.4, -0.2) is 17.3 Å². The van der Waals surface area contributed by atoms with Crippen molar-refractivity contribution in [3.8, 4) is 0 Å². The monoisotopic (exact) mass is 360 g/mol. The van der Waals surface area contributed by atoms with Crippen LogP contribution in [0.25, 0.3) is 0 Å². The maximum atomic E-state index is 13.7. The summed E-state index contributed by atoms with van der Waals surface area (Å²) in [5.74, 6) is -1.82. The number of aliphatic hydroxyl groups is 1. The molecule has 2 nitrogen and oxygen atoms in total. The third kappa shape index (κ3) is 2.88. The van der Waals surface area contributed by atoms with Crippen molar-refractivity contribution in [3.63, 3.8) is 0 Å². The Labute approximate surface area is 131 Å². The summed E-state index contributed by atoms with van der Waals surface area (Å²) in [5, 5.41) is 10.6. The molecule has 2 aliphatic rings. The highest BCUT2D eigenvalue weighted by Crippen LogP contribution is 2.46. The number of rotatable bonds is 2. The van der Waals surface area contributed by atoms with E-state index in [1.54, 1.807) is 0 Å². The zero-order valence-electron chi connectivity index (χ0n) is 11.7. The molecular weight excluding hydrogens is 342 g/mol. The van der Waals surface area contributed by atoms with Crippen molar-refractivity contribution < 1.29 is 18.6 Å². The summed E-state index contributed by atoms with van der Waals surface area (Å²) in [6.45, 7) is 0.628. The number of ether oxygens (including phenoxy) is 1. The van der Waals surface area contributed by atoms with Gasteiger partial charge in [0.15, 0.2) is 11.6 Å². The molecule has 1 aliphatic heterocycles. The summed E-state index contributed by atoms with van der Waals surface area (Å²) in [5.41, 5.74) is 0.323. The lowest BCUT2D eigenvalue weighted by molar-refractivity contribution is -0.113. The standard InChI is InChI=1S/C16H19BrF2O2/c17-13-11(3-4-12(18)14(13)19)15(20)10-5-8-21-16(9-10)6-1-2-7-16/h3-4,10,15,20H,1-2,5-9H2. The van der Waals surface area contributed by atoms with Crippen molar-refractivity contribution in [1.29, 1.82) is 0 Å². The smallest absolute Gasteiger partial charge is 0.173 e. The fourth-order valence-corrected chi connectivity index (χ4v) is 4.28. The molecule has 2 unspecified atom stereocenters. The van der Waals surface area contributed by atoms with Gasteiger partial charge in [-0.3, -0.25) is 0 Å². The quantitative estimate of drug-likeness (QED) is 0.786. The van der Waals surface area contributed by atoms with Gasteiger partial charge < -0.3 is 9.84 Å². The summed E-state index contributed by atoms with van der Waals surface area (Å²) in [7, 11) is 0. The second kappa shape index (κ2) is 5.94. The normalized spacial score (nSPS) is 26.2. The van der Waals surface area contributed by atoms with Crippen LogP contribution in [0.1, 0.15) is 50.2 Å². The predicted octanol–water partition coefficient (Wildman–Crippen LogP) is 4.50. The molecule has 1 heterocycles. The second-order valence-electron chi connectivity index (χ2n) is 6.20. The molecule has 2 fully saturated rings. The molecule has 5 heteroatoms. The van der Waals surface area contributed by atoms with Gasteiger partial charge >= 0.3 is 0 Å². The van der Waals surface area contributed by atoms with E-state index in [0.717, 1.165) is 44.6 Å². The van der Waals surface area contributed by atoms with E-state index in [9.17, 15) is 13.9 Å². The van der Waals surface area contributed by atoms with Crippen molar-refractivity contribution >= 4 is 15.9 Å². The molecule has 1 N–H and O–H groups in total. The van der Waals surface area contributed by atoms with E-state index < -0.39 is 17.7 Å². The Morgan fingerprint density at radius 2 is 2.00 bits per heavy atom. The zero-order valence-corrected chi connectivity index (χ0v) is 13.3. The Morgan fingerprint density at radius 1 is 1.29 bits per heavy atom. The molecule has 0 radical (unpaired) electrons. The van der Waals surface area contributed by atoms with E-state index in [1.165, 1.54) is 6.07 Å². The first-order valence-corrected chi connectivity index (χ1v) is 8.27. The van der Waals surface area contributed by atoms with Crippen molar-refractivity contribution in [2.75, 3.05) is 6.61 Å². The van der Waals surface area contributed by atoms with Crippen molar-refractivity contribution in [1.82, 2.24) is 0 Å². The summed E-state index contributed by atoms with van der Waals surface area (Å²) in [6, 6.07) is 2.53. The topological polar surface area (TPSA) is 29.5 Å². The number of benzene rings is 1. The van der Waals surface area contributed by atoms with Crippen molar-refractivity contribution in [2.45, 2.75) is 50.2 Å². The number of halogens is 3. The van der Waals surface area contributed by atoms with Gasteiger partial charge in [-0.1, -0.05) is 18.9 Å². The lowest BCUT2D eigenvalue weighted by Crippen LogP contribution is -2.39. The van der Waals surface area contributed by atoms with E-state index in [1.807, 2.05) is 0 Å². The molecule has 116 valence electrons. The Kier molecular flexibility index (Phi) is 4.35. The van der Waals surface area contributed by atoms with Gasteiger partial charge in [0.05, 0.1) is 16.2 Å². The molecule has 1 saturated heterocycles. The van der Waals surface area contributed by atoms with Gasteiger partial charge in [0, 0.05) is 6.61 Å². The Bertz CT molecular complexity index is 529. The summed E-state index contributed by atoms with van der Waals surface area (Å²) >= 11 is 3.07. The highest BCUT2D eigenvalue weighted by atomic mass is 79.9. The molecule has 0 bridgehead atoms. The minimum absolute atomic E-state index is 0.0259. The molecule has 0 amide bonds. The van der Waals surface area contributed by atoms with Gasteiger partial charge in [0.2, 0.25) is 0 Å². The fraction of sp³-hybridized carbons (Fsp3) is 0.625. The largest absolute Gasteiger partial charge is 0.388 e. The first kappa shape index (κ1) is 15.4. The zero-order chi connectivity index (χ0) is 15.0. The lowest BCUT2D eigenvalue weighted by atomic mass is 9.80. The van der Waals surface area contributed by atoms with Crippen LogP contribution in [0, 0.1) is 17.6 Å². The summed E-state index contributed by atoms with van der Waals surface area (Å²) in [6.07, 6.45) is 5.14. The molecule has 3 rings (SSSR count). The van der Waals surface area contributed by atoms with E-state index >= 15 is 0 Å². The summed E-state index contributed by atoms with van der Waals surface area (Å²) in [4.78, 5) is 0. The van der Waals surface area contributed by atoms with Crippen LogP contribution < -0.4 is 0 Å². The maximum absolute atomic E-state index is 13.7. The third-order valence-corrected chi connectivity index (χ3v) is 5.68. The second-order valence-corrected chi connectivity index (χ2v) is 6.99. The number of hydrogen-bond acceptors (Lipinski definition) is 2. The van der Waals surface area contributed by atoms with E-state index in [0.29, 0.717) is 12.2 Å². The van der Waals surface area contributed by atoms with Gasteiger partial charge in [-0.05, 0) is 59.2 Å². The SMILES string of the molecule is OC(c1ccc(F)c(F)c1Br)C1CCOC2(CCCC2)C1. The maximum Gasteiger partial charge on any atom is 0.173 e. The molecule has 1 aliphatic carbocycles. The molecule has 1 spiro atoms. The minimum Gasteiger partial charge on any atom is -0.388 e. The molecule has 21 heavy (non-hydrogen) atoms. The van der Waals surface area contributed by atoms with Gasteiger partial charge in [-0.15, -0.1) is 0 Å². The molecule has 0 aromatic heterocycles. The van der Waals surface area contributed by atoms with E-state index in [-0.39, 0.29) is 16.0 Å². The average molecular weight is 361 g/mol. The van der Waals surface area contributed by atoms with Crippen molar-refractivity contribution in [3.05, 3.63) is 33.8 Å². The van der Waals surface area contributed by atoms with Gasteiger partial charge in [0.25, 0.3) is 0 Å². The highest BCUT2D eigenvalue weighted by molar-refractivity contribution is 9.10. The Balaban J connectivity index is 1.81. The molecule has 1 aromatic carbocycles. The number of aliphatic hydroxyl groups excluding tert-OH is 1. The first-order valence-electron chi connectivity index (χ1n) is 7.48. The van der Waals surface area contributed by atoms with Crippen LogP contribution in [0.2, 0.25) is 0 Å². The van der Waals surface area contributed by atoms with Crippen LogP contribution in [-0.2, 0) is 4.74 Å². The lowest BCUT2D eigenvalue weighted by Gasteiger charge is -2.40. The molecule has 1 aromatic rings. The van der Waals surface area contributed by atoms with Crippen LogP contribution in [0.4, 0.5) is 8.78 Å². The van der Waals surface area contributed by atoms with Crippen LogP contribution in [0.15, 0.2) is 16.6 Å². The molecule has 1 saturated carbocycles. The third-order valence-electron chi connectivity index (χ3n) is 4.88. The van der Waals surface area contributed by atoms with Gasteiger partial charge in [0.1, 0.15) is 0 Å². The summed E-state index contributed by atoms with van der Waals surface area (Å²) < 4.78 is 32.8. The minimum atomic E-state index is -0.936. The number of hydrogen-bond donors (Lipinski definition) is 1. The molecule has 2 atom stereocenters. The average Bonchev–Trinajstić information content (AvgIpc) is 2.92. The van der Waals surface area contributed by atoms with Crippen LogP contribution in [0.3, 0.4) is 0 Å². The predicted molar refractivity (Wildman–Crippen MR) is 78.9 cm³/mol. The first-order chi connectivity index (χ1) is 10.0. The molecular formula is C16H19BrF2O2. The highest BCUT2D eigenvalue weighted by Gasteiger charge is 2.42. The van der Waals surface area contributed by atoms with Gasteiger partial charge in [-0.25, -0.2) is 8.78 Å². The van der Waals surface area contributed by atoms with Gasteiger partial charge in [-0.2, -0.15) is 0 Å². The van der Waals surface area contributed by atoms with E-state index in [2.05, 4.69) is 15.9 Å². The Hall–Kier alpha value is -0.520.